The smallest absolute Gasteiger partial charge is 0.261 e. The van der Waals surface area contributed by atoms with Crippen molar-refractivity contribution in [2.45, 2.75) is 37.8 Å². The molecule has 0 amide bonds. The van der Waals surface area contributed by atoms with E-state index in [2.05, 4.69) is 5.32 Å². The molecule has 0 heterocycles. The molecule has 1 atom stereocenters. The highest BCUT2D eigenvalue weighted by Crippen LogP contribution is 2.19. The van der Waals surface area contributed by atoms with Gasteiger partial charge < -0.3 is 15.2 Å². The van der Waals surface area contributed by atoms with Crippen LogP contribution in [0, 0.1) is 0 Å². The lowest BCUT2D eigenvalue weighted by Gasteiger charge is -2.15. The second kappa shape index (κ2) is 6.27. The molecule has 2 N–H and O–H groups in total. The van der Waals surface area contributed by atoms with Crippen molar-refractivity contribution in [3.05, 3.63) is 0 Å². The van der Waals surface area contributed by atoms with Crippen molar-refractivity contribution in [3.63, 3.8) is 0 Å². The molecular formula is C9H17F2NO2. The van der Waals surface area contributed by atoms with Crippen molar-refractivity contribution in [2.24, 2.45) is 0 Å². The molecule has 0 aromatic heterocycles. The Morgan fingerprint density at radius 3 is 2.64 bits per heavy atom. The van der Waals surface area contributed by atoms with Crippen LogP contribution >= 0.6 is 0 Å². The zero-order chi connectivity index (χ0) is 10.4. The van der Waals surface area contributed by atoms with Gasteiger partial charge in [-0.15, -0.1) is 0 Å². The molecule has 84 valence electrons. The highest BCUT2D eigenvalue weighted by Gasteiger charge is 2.23. The number of nitrogens with one attached hydrogen (secondary N) is 1. The van der Waals surface area contributed by atoms with E-state index in [4.69, 9.17) is 9.84 Å². The maximum absolute atomic E-state index is 11.7. The van der Waals surface area contributed by atoms with Crippen LogP contribution in [0.15, 0.2) is 0 Å². The third-order valence-corrected chi connectivity index (χ3v) is 2.12. The fraction of sp³-hybridized carbons (Fsp3) is 1.00. The molecule has 1 fully saturated rings. The van der Waals surface area contributed by atoms with Crippen LogP contribution in [0.1, 0.15) is 19.3 Å². The minimum absolute atomic E-state index is 0.0137. The largest absolute Gasteiger partial charge is 0.395 e. The molecule has 1 aliphatic rings. The summed E-state index contributed by atoms with van der Waals surface area (Å²) in [4.78, 5) is 0. The van der Waals surface area contributed by atoms with Crippen LogP contribution < -0.4 is 5.32 Å². The van der Waals surface area contributed by atoms with Crippen LogP contribution in [0.3, 0.4) is 0 Å². The van der Waals surface area contributed by atoms with E-state index in [9.17, 15) is 8.78 Å². The van der Waals surface area contributed by atoms with Crippen molar-refractivity contribution in [1.82, 2.24) is 5.32 Å². The lowest BCUT2D eigenvalue weighted by molar-refractivity contribution is 0.0127. The molecule has 0 radical (unpaired) electrons. The van der Waals surface area contributed by atoms with Crippen LogP contribution in [-0.2, 0) is 4.74 Å². The van der Waals surface area contributed by atoms with Gasteiger partial charge in [0, 0.05) is 18.7 Å². The molecule has 1 rings (SSSR count). The zero-order valence-electron chi connectivity index (χ0n) is 8.09. The Labute approximate surface area is 82.4 Å². The molecular weight excluding hydrogens is 192 g/mol. The van der Waals surface area contributed by atoms with E-state index in [1.54, 1.807) is 0 Å². The lowest BCUT2D eigenvalue weighted by Crippen LogP contribution is -2.35. The molecule has 1 saturated carbocycles. The molecule has 0 bridgehead atoms. The van der Waals surface area contributed by atoms with Crippen molar-refractivity contribution < 1.29 is 18.6 Å². The van der Waals surface area contributed by atoms with Gasteiger partial charge in [0.25, 0.3) is 6.43 Å². The van der Waals surface area contributed by atoms with E-state index in [0.29, 0.717) is 12.5 Å². The summed E-state index contributed by atoms with van der Waals surface area (Å²) < 4.78 is 28.1. The Morgan fingerprint density at radius 1 is 1.43 bits per heavy atom. The van der Waals surface area contributed by atoms with Gasteiger partial charge in [-0.05, 0) is 19.3 Å². The summed E-state index contributed by atoms with van der Waals surface area (Å²) in [6, 6.07) is 0.502. The first-order chi connectivity index (χ1) is 6.72. The quantitative estimate of drug-likeness (QED) is 0.580. The molecule has 5 heteroatoms. The summed E-state index contributed by atoms with van der Waals surface area (Å²) in [5.41, 5.74) is 0. The molecule has 3 nitrogen and oxygen atoms in total. The SMILES string of the molecule is OCC(CCOCC(F)F)NC1CC1. The number of rotatable bonds is 8. The summed E-state index contributed by atoms with van der Waals surface area (Å²) in [6.07, 6.45) is 0.474. The maximum Gasteiger partial charge on any atom is 0.261 e. The second-order valence-electron chi connectivity index (χ2n) is 3.58. The number of hydrogen-bond acceptors (Lipinski definition) is 3. The number of aliphatic hydroxyl groups is 1. The number of alkyl halides is 2. The van der Waals surface area contributed by atoms with E-state index < -0.39 is 13.0 Å². The number of ether oxygens (including phenoxy) is 1. The minimum Gasteiger partial charge on any atom is -0.395 e. The normalized spacial score (nSPS) is 18.9. The summed E-state index contributed by atoms with van der Waals surface area (Å²) in [5.74, 6) is 0. The molecule has 1 aliphatic carbocycles. The molecule has 0 aromatic carbocycles. The number of hydrogen-bond donors (Lipinski definition) is 2. The molecule has 1 unspecified atom stereocenters. The van der Waals surface area contributed by atoms with Crippen LogP contribution in [-0.4, -0.2) is 43.4 Å². The first-order valence-electron chi connectivity index (χ1n) is 4.95. The summed E-state index contributed by atoms with van der Waals surface area (Å²) >= 11 is 0. The fourth-order valence-electron chi connectivity index (χ4n) is 1.21. The van der Waals surface area contributed by atoms with Gasteiger partial charge in [-0.25, -0.2) is 8.78 Å². The van der Waals surface area contributed by atoms with Gasteiger partial charge >= 0.3 is 0 Å². The first-order valence-corrected chi connectivity index (χ1v) is 4.95. The Balaban J connectivity index is 1.96. The van der Waals surface area contributed by atoms with Gasteiger partial charge in [-0.2, -0.15) is 0 Å². The van der Waals surface area contributed by atoms with Crippen LogP contribution in [0.25, 0.3) is 0 Å². The van der Waals surface area contributed by atoms with E-state index >= 15 is 0 Å². The van der Waals surface area contributed by atoms with E-state index in [-0.39, 0.29) is 19.3 Å². The van der Waals surface area contributed by atoms with E-state index in [1.165, 1.54) is 0 Å². The third kappa shape index (κ3) is 5.47. The summed E-state index contributed by atoms with van der Waals surface area (Å²) in [6.45, 7) is -0.203. The zero-order valence-corrected chi connectivity index (χ0v) is 8.09. The van der Waals surface area contributed by atoms with Gasteiger partial charge in [-0.3, -0.25) is 0 Å². The Bertz CT molecular complexity index is 154. The van der Waals surface area contributed by atoms with Gasteiger partial charge in [0.2, 0.25) is 0 Å². The third-order valence-electron chi connectivity index (χ3n) is 2.12. The van der Waals surface area contributed by atoms with Crippen LogP contribution in [0.4, 0.5) is 8.78 Å². The number of halogens is 2. The predicted octanol–water partition coefficient (Wildman–Crippen LogP) is 0.771. The first kappa shape index (κ1) is 11.8. The van der Waals surface area contributed by atoms with Crippen molar-refractivity contribution >= 4 is 0 Å². The van der Waals surface area contributed by atoms with Crippen molar-refractivity contribution in [1.29, 1.82) is 0 Å². The van der Waals surface area contributed by atoms with Crippen molar-refractivity contribution in [2.75, 3.05) is 19.8 Å². The predicted molar refractivity (Wildman–Crippen MR) is 48.5 cm³/mol. The Hall–Kier alpha value is -0.260. The lowest BCUT2D eigenvalue weighted by atomic mass is 10.2. The van der Waals surface area contributed by atoms with Crippen molar-refractivity contribution in [3.8, 4) is 0 Å². The average Bonchev–Trinajstić information content (AvgIpc) is 2.93. The van der Waals surface area contributed by atoms with Crippen LogP contribution in [0.5, 0.6) is 0 Å². The standard InChI is InChI=1S/C9H17F2NO2/c10-9(11)6-14-4-3-8(5-13)12-7-1-2-7/h7-9,12-13H,1-6H2. The fourth-order valence-corrected chi connectivity index (χ4v) is 1.21. The molecule has 0 aliphatic heterocycles. The Morgan fingerprint density at radius 2 is 2.14 bits per heavy atom. The number of aliphatic hydroxyl groups excluding tert-OH is 1. The molecule has 0 spiro atoms. The van der Waals surface area contributed by atoms with Gasteiger partial charge in [0.15, 0.2) is 0 Å². The highest BCUT2D eigenvalue weighted by molar-refractivity contribution is 4.84. The molecule has 14 heavy (non-hydrogen) atoms. The van der Waals surface area contributed by atoms with Gasteiger partial charge in [0.05, 0.1) is 6.61 Å². The monoisotopic (exact) mass is 209 g/mol. The van der Waals surface area contributed by atoms with Crippen LogP contribution in [0.2, 0.25) is 0 Å². The minimum atomic E-state index is -2.40. The Kier molecular flexibility index (Phi) is 5.29. The van der Waals surface area contributed by atoms with E-state index in [0.717, 1.165) is 12.8 Å². The van der Waals surface area contributed by atoms with E-state index in [1.807, 2.05) is 0 Å². The average molecular weight is 209 g/mol. The molecule has 0 saturated heterocycles. The highest BCUT2D eigenvalue weighted by atomic mass is 19.3. The second-order valence-corrected chi connectivity index (χ2v) is 3.58. The summed E-state index contributed by atoms with van der Waals surface area (Å²) in [5, 5.41) is 12.2. The topological polar surface area (TPSA) is 41.5 Å². The van der Waals surface area contributed by atoms with Gasteiger partial charge in [-0.1, -0.05) is 0 Å². The maximum atomic E-state index is 11.7. The summed E-state index contributed by atoms with van der Waals surface area (Å²) in [7, 11) is 0. The molecule has 0 aromatic rings. The van der Waals surface area contributed by atoms with Gasteiger partial charge in [0.1, 0.15) is 6.61 Å².